The Morgan fingerprint density at radius 1 is 1.05 bits per heavy atom. The number of benzene rings is 2. The van der Waals surface area contributed by atoms with Crippen molar-refractivity contribution in [1.82, 2.24) is 0 Å². The fourth-order valence-corrected chi connectivity index (χ4v) is 2.64. The van der Waals surface area contributed by atoms with Gasteiger partial charge in [0.25, 0.3) is 0 Å². The zero-order valence-corrected chi connectivity index (χ0v) is 11.4. The molecule has 5 heteroatoms. The van der Waals surface area contributed by atoms with Crippen LogP contribution in [0.4, 0.5) is 0 Å². The van der Waals surface area contributed by atoms with Crippen molar-refractivity contribution in [1.29, 1.82) is 0 Å². The molecule has 0 heterocycles. The van der Waals surface area contributed by atoms with E-state index in [4.69, 9.17) is 11.6 Å². The molecule has 19 heavy (non-hydrogen) atoms. The van der Waals surface area contributed by atoms with E-state index < -0.39 is 11.2 Å². The highest BCUT2D eigenvalue weighted by Crippen LogP contribution is 2.36. The monoisotopic (exact) mass is 294 g/mol. The first-order valence-corrected chi connectivity index (χ1v) is 6.76. The lowest BCUT2D eigenvalue weighted by atomic mass is 10.1. The van der Waals surface area contributed by atoms with Crippen LogP contribution >= 0.6 is 23.4 Å². The van der Waals surface area contributed by atoms with Crippen LogP contribution in [0.1, 0.15) is 10.8 Å². The summed E-state index contributed by atoms with van der Waals surface area (Å²) in [5.74, 6) is -0.761. The Labute approximate surface area is 119 Å². The molecule has 0 fully saturated rings. The van der Waals surface area contributed by atoms with Crippen LogP contribution in [0, 0.1) is 0 Å². The second-order valence-electron chi connectivity index (χ2n) is 3.88. The van der Waals surface area contributed by atoms with E-state index in [2.05, 4.69) is 0 Å². The van der Waals surface area contributed by atoms with Gasteiger partial charge in [0.2, 0.25) is 0 Å². The number of carboxylic acids is 1. The number of hydrogen-bond donors (Lipinski definition) is 2. The van der Waals surface area contributed by atoms with E-state index in [1.807, 2.05) is 0 Å². The predicted molar refractivity (Wildman–Crippen MR) is 75.8 cm³/mol. The molecule has 0 aromatic heterocycles. The third-order valence-electron chi connectivity index (χ3n) is 2.49. The number of thioether (sulfide) groups is 1. The molecule has 0 saturated carbocycles. The smallest absolute Gasteiger partial charge is 0.321 e. The first-order chi connectivity index (χ1) is 9.06. The lowest BCUT2D eigenvalue weighted by Crippen LogP contribution is -2.07. The van der Waals surface area contributed by atoms with Crippen LogP contribution in [-0.4, -0.2) is 16.2 Å². The molecule has 1 unspecified atom stereocenters. The van der Waals surface area contributed by atoms with Crippen molar-refractivity contribution in [2.75, 3.05) is 0 Å². The Morgan fingerprint density at radius 3 is 2.16 bits per heavy atom. The van der Waals surface area contributed by atoms with Crippen LogP contribution in [0.5, 0.6) is 5.75 Å². The van der Waals surface area contributed by atoms with Crippen molar-refractivity contribution in [2.24, 2.45) is 0 Å². The molecule has 0 saturated heterocycles. The molecule has 0 radical (unpaired) electrons. The molecule has 0 aliphatic rings. The second-order valence-corrected chi connectivity index (χ2v) is 5.50. The molecular weight excluding hydrogens is 284 g/mol. The minimum atomic E-state index is -0.916. The normalized spacial score (nSPS) is 12.1. The molecule has 0 aliphatic carbocycles. The number of aliphatic carboxylic acids is 1. The number of aromatic hydroxyl groups is 1. The summed E-state index contributed by atoms with van der Waals surface area (Å²) in [6.45, 7) is 0. The fourth-order valence-electron chi connectivity index (χ4n) is 1.56. The van der Waals surface area contributed by atoms with E-state index in [9.17, 15) is 15.0 Å². The van der Waals surface area contributed by atoms with Crippen LogP contribution in [0.3, 0.4) is 0 Å². The first-order valence-electron chi connectivity index (χ1n) is 5.50. The van der Waals surface area contributed by atoms with Gasteiger partial charge in [0.15, 0.2) is 0 Å². The summed E-state index contributed by atoms with van der Waals surface area (Å²) in [5.41, 5.74) is 0.676. The van der Waals surface area contributed by atoms with E-state index in [1.165, 1.54) is 23.9 Å². The van der Waals surface area contributed by atoms with E-state index in [-0.39, 0.29) is 5.75 Å². The minimum absolute atomic E-state index is 0.155. The van der Waals surface area contributed by atoms with E-state index in [1.54, 1.807) is 36.4 Å². The van der Waals surface area contributed by atoms with Crippen LogP contribution in [0.15, 0.2) is 53.4 Å². The van der Waals surface area contributed by atoms with Gasteiger partial charge in [0.1, 0.15) is 11.0 Å². The number of halogens is 1. The molecule has 2 aromatic rings. The molecule has 98 valence electrons. The Bertz CT molecular complexity index is 566. The highest BCUT2D eigenvalue weighted by molar-refractivity contribution is 8.00. The number of hydrogen-bond acceptors (Lipinski definition) is 3. The quantitative estimate of drug-likeness (QED) is 0.838. The van der Waals surface area contributed by atoms with Gasteiger partial charge in [-0.1, -0.05) is 23.7 Å². The zero-order valence-electron chi connectivity index (χ0n) is 9.79. The highest BCUT2D eigenvalue weighted by atomic mass is 35.5. The van der Waals surface area contributed by atoms with Crippen LogP contribution in [0.2, 0.25) is 5.02 Å². The average Bonchev–Trinajstić information content (AvgIpc) is 2.39. The van der Waals surface area contributed by atoms with Gasteiger partial charge in [0.05, 0.1) is 0 Å². The van der Waals surface area contributed by atoms with Crippen molar-refractivity contribution < 1.29 is 15.0 Å². The largest absolute Gasteiger partial charge is 0.508 e. The van der Waals surface area contributed by atoms with Gasteiger partial charge >= 0.3 is 5.97 Å². The van der Waals surface area contributed by atoms with Gasteiger partial charge < -0.3 is 10.2 Å². The highest BCUT2D eigenvalue weighted by Gasteiger charge is 2.21. The van der Waals surface area contributed by atoms with Gasteiger partial charge in [-0.15, -0.1) is 11.8 Å². The molecular formula is C14H11ClO3S. The molecule has 2 N–H and O–H groups in total. The van der Waals surface area contributed by atoms with Crippen molar-refractivity contribution in [2.45, 2.75) is 10.1 Å². The van der Waals surface area contributed by atoms with E-state index >= 15 is 0 Å². The van der Waals surface area contributed by atoms with Gasteiger partial charge in [-0.05, 0) is 42.0 Å². The number of phenols is 1. The molecule has 0 aliphatic heterocycles. The molecule has 0 amide bonds. The lowest BCUT2D eigenvalue weighted by molar-refractivity contribution is -0.136. The zero-order chi connectivity index (χ0) is 13.8. The SMILES string of the molecule is O=C(O)C(Sc1ccc(O)cc1)c1ccc(Cl)cc1. The second kappa shape index (κ2) is 5.99. The Kier molecular flexibility index (Phi) is 4.35. The number of carboxylic acid groups (broad SMARTS) is 1. The van der Waals surface area contributed by atoms with Crippen LogP contribution in [0.25, 0.3) is 0 Å². The van der Waals surface area contributed by atoms with Gasteiger partial charge in [-0.25, -0.2) is 0 Å². The molecule has 2 rings (SSSR count). The van der Waals surface area contributed by atoms with E-state index in [0.29, 0.717) is 10.6 Å². The van der Waals surface area contributed by atoms with Crippen LogP contribution in [-0.2, 0) is 4.79 Å². The molecule has 2 aromatic carbocycles. The minimum Gasteiger partial charge on any atom is -0.508 e. The summed E-state index contributed by atoms with van der Waals surface area (Å²) >= 11 is 7.00. The molecule has 0 spiro atoms. The Balaban J connectivity index is 2.23. The van der Waals surface area contributed by atoms with E-state index in [0.717, 1.165) is 4.90 Å². The number of phenolic OH excluding ortho intramolecular Hbond substituents is 1. The van der Waals surface area contributed by atoms with Crippen molar-refractivity contribution in [3.05, 3.63) is 59.1 Å². The fraction of sp³-hybridized carbons (Fsp3) is 0.0714. The standard InChI is InChI=1S/C14H11ClO3S/c15-10-3-1-9(2-4-10)13(14(17)18)19-12-7-5-11(16)6-8-12/h1-8,13,16H,(H,17,18). The Hall–Kier alpha value is -1.65. The summed E-state index contributed by atoms with van der Waals surface area (Å²) in [6, 6.07) is 13.2. The average molecular weight is 295 g/mol. The summed E-state index contributed by atoms with van der Waals surface area (Å²) in [7, 11) is 0. The van der Waals surface area contributed by atoms with Gasteiger partial charge in [-0.3, -0.25) is 4.79 Å². The van der Waals surface area contributed by atoms with Crippen LogP contribution < -0.4 is 0 Å². The molecule has 1 atom stereocenters. The number of rotatable bonds is 4. The number of carbonyl (C=O) groups is 1. The topological polar surface area (TPSA) is 57.5 Å². The summed E-state index contributed by atoms with van der Waals surface area (Å²) in [4.78, 5) is 12.1. The maximum absolute atomic E-state index is 11.4. The Morgan fingerprint density at radius 2 is 1.63 bits per heavy atom. The van der Waals surface area contributed by atoms with Gasteiger partial charge in [0, 0.05) is 9.92 Å². The predicted octanol–water partition coefficient (Wildman–Crippen LogP) is 3.96. The maximum Gasteiger partial charge on any atom is 0.321 e. The third kappa shape index (κ3) is 3.66. The lowest BCUT2D eigenvalue weighted by Gasteiger charge is -2.12. The summed E-state index contributed by atoms with van der Waals surface area (Å²) in [6.07, 6.45) is 0. The summed E-state index contributed by atoms with van der Waals surface area (Å²) in [5, 5.41) is 18.4. The first kappa shape index (κ1) is 13.8. The summed E-state index contributed by atoms with van der Waals surface area (Å²) < 4.78 is 0. The third-order valence-corrected chi connectivity index (χ3v) is 3.99. The van der Waals surface area contributed by atoms with Gasteiger partial charge in [-0.2, -0.15) is 0 Å². The molecule has 0 bridgehead atoms. The maximum atomic E-state index is 11.4. The molecule has 3 nitrogen and oxygen atoms in total. The van der Waals surface area contributed by atoms with Crippen molar-refractivity contribution in [3.8, 4) is 5.75 Å². The van der Waals surface area contributed by atoms with Crippen molar-refractivity contribution in [3.63, 3.8) is 0 Å². The van der Waals surface area contributed by atoms with Crippen molar-refractivity contribution >= 4 is 29.3 Å².